The summed E-state index contributed by atoms with van der Waals surface area (Å²) in [7, 11) is -4.99. The fraction of sp³-hybridized carbons (Fsp3) is 1.00. The summed E-state index contributed by atoms with van der Waals surface area (Å²) in [6.07, 6.45) is 2.81. The first-order valence-corrected chi connectivity index (χ1v) is 20.6. The zero-order valence-corrected chi connectivity index (χ0v) is 22.7. The average molecular weight is 442 g/mol. The smallest absolute Gasteiger partial charge is 0.273 e. The summed E-state index contributed by atoms with van der Waals surface area (Å²) >= 11 is 0. The first kappa shape index (κ1) is 33.9. The molecule has 0 fully saturated rings. The van der Waals surface area contributed by atoms with Crippen LogP contribution in [-0.2, 0) is 8.92 Å². The van der Waals surface area contributed by atoms with Crippen LogP contribution in [-0.4, -0.2) is 57.8 Å². The number of hydrogen-bond donors (Lipinski definition) is 4. The second-order valence-electron chi connectivity index (χ2n) is 7.93. The molecule has 0 atom stereocenters. The van der Waals surface area contributed by atoms with Crippen molar-refractivity contribution in [1.29, 1.82) is 0 Å². The summed E-state index contributed by atoms with van der Waals surface area (Å²) in [5.41, 5.74) is 15.9. The van der Waals surface area contributed by atoms with Gasteiger partial charge in [0.15, 0.2) is 8.32 Å². The largest absolute Gasteiger partial charge is 0.432 e. The molecule has 0 bridgehead atoms. The molecule has 0 aromatic carbocycles. The van der Waals surface area contributed by atoms with E-state index in [2.05, 4.69) is 20.0 Å². The first-order chi connectivity index (χ1) is 11.7. The normalized spacial score (nSPS) is 10.3. The molecule has 0 saturated heterocycles. The van der Waals surface area contributed by atoms with Crippen molar-refractivity contribution in [2.24, 2.45) is 17.2 Å². The summed E-state index contributed by atoms with van der Waals surface area (Å²) in [4.78, 5) is 9.23. The maximum absolute atomic E-state index is 10.3. The molecule has 0 aromatic rings. The van der Waals surface area contributed by atoms with Crippen molar-refractivity contribution in [3.63, 3.8) is 0 Å². The van der Waals surface area contributed by atoms with Crippen LogP contribution in [0.4, 0.5) is 0 Å². The highest BCUT2D eigenvalue weighted by Crippen LogP contribution is 2.05. The second kappa shape index (κ2) is 21.6. The molecule has 0 aromatic heterocycles. The van der Waals surface area contributed by atoms with Gasteiger partial charge >= 0.3 is 0 Å². The monoisotopic (exact) mass is 441 g/mol. The van der Waals surface area contributed by atoms with Crippen molar-refractivity contribution in [2.45, 2.75) is 83.7 Å². The average Bonchev–Trinajstić information content (AvgIpc) is 2.51. The molecule has 6 nitrogen and oxygen atoms in total. The molecule has 0 spiro atoms. The van der Waals surface area contributed by atoms with Crippen LogP contribution < -0.4 is 17.2 Å². The van der Waals surface area contributed by atoms with E-state index in [1.54, 1.807) is 19.6 Å². The minimum absolute atomic E-state index is 0.671. The van der Waals surface area contributed by atoms with E-state index in [0.29, 0.717) is 13.1 Å². The van der Waals surface area contributed by atoms with Crippen molar-refractivity contribution in [3.8, 4) is 0 Å². The van der Waals surface area contributed by atoms with E-state index in [4.69, 9.17) is 17.2 Å². The van der Waals surface area contributed by atoms with E-state index in [1.165, 1.54) is 6.04 Å². The fourth-order valence-electron chi connectivity index (χ4n) is 1.03. The third kappa shape index (κ3) is 56.4. The summed E-state index contributed by atoms with van der Waals surface area (Å²) in [5.74, 6) is 0. The highest BCUT2D eigenvalue weighted by Gasteiger charge is 2.14. The van der Waals surface area contributed by atoms with Crippen LogP contribution in [0.5, 0.6) is 0 Å². The molecule has 7 N–H and O–H groups in total. The Kier molecular flexibility index (Phi) is 28.1. The van der Waals surface area contributed by atoms with Crippen LogP contribution in [0.3, 0.4) is 0 Å². The zero-order valence-electron chi connectivity index (χ0n) is 18.7. The van der Waals surface area contributed by atoms with Crippen molar-refractivity contribution in [3.05, 3.63) is 0 Å². The van der Waals surface area contributed by atoms with Crippen molar-refractivity contribution in [2.75, 3.05) is 19.3 Å². The Morgan fingerprint density at radius 3 is 1.35 bits per heavy atom. The summed E-state index contributed by atoms with van der Waals surface area (Å²) in [5, 5.41) is 0. The molecule has 0 rings (SSSR count). The van der Waals surface area contributed by atoms with Crippen LogP contribution in [0.2, 0.25) is 64.0 Å². The Balaban J connectivity index is -0.000000127. The lowest BCUT2D eigenvalue weighted by molar-refractivity contribution is 0.544. The van der Waals surface area contributed by atoms with Gasteiger partial charge in [0, 0.05) is 0 Å². The first-order valence-electron chi connectivity index (χ1n) is 9.48. The van der Waals surface area contributed by atoms with E-state index in [1.807, 2.05) is 13.1 Å². The highest BCUT2D eigenvalue weighted by molar-refractivity contribution is 6.77. The molecule has 0 heterocycles. The van der Waals surface area contributed by atoms with E-state index in [-0.39, 0.29) is 0 Å². The Morgan fingerprint density at radius 1 is 0.885 bits per heavy atom. The fourth-order valence-corrected chi connectivity index (χ4v) is 3.09. The van der Waals surface area contributed by atoms with E-state index >= 15 is 0 Å². The Hall–Kier alpha value is 0.308. The number of nitrogens with two attached hydrogens (primary N) is 3. The number of rotatable bonds is 8. The van der Waals surface area contributed by atoms with Crippen molar-refractivity contribution < 1.29 is 13.7 Å². The summed E-state index contributed by atoms with van der Waals surface area (Å²) in [6.45, 7) is 17.3. The van der Waals surface area contributed by atoms with Gasteiger partial charge in [-0.2, -0.15) is 0 Å². The van der Waals surface area contributed by atoms with Gasteiger partial charge in [0.2, 0.25) is 0 Å². The zero-order chi connectivity index (χ0) is 21.8. The predicted octanol–water partition coefficient (Wildman–Crippen LogP) is 2.80. The maximum Gasteiger partial charge on any atom is 0.273 e. The Morgan fingerprint density at radius 2 is 1.27 bits per heavy atom. The van der Waals surface area contributed by atoms with Crippen LogP contribution in [0.15, 0.2) is 0 Å². The lowest BCUT2D eigenvalue weighted by Gasteiger charge is -2.15. The minimum atomic E-state index is -1.76. The predicted molar refractivity (Wildman–Crippen MR) is 124 cm³/mol. The molecule has 10 heteroatoms. The lowest BCUT2D eigenvalue weighted by atomic mass is 10.5. The van der Waals surface area contributed by atoms with E-state index in [0.717, 1.165) is 31.1 Å². The molecule has 0 aliphatic rings. The van der Waals surface area contributed by atoms with Crippen LogP contribution >= 0.6 is 0 Å². The van der Waals surface area contributed by atoms with E-state index < -0.39 is 33.8 Å². The maximum atomic E-state index is 10.3. The molecule has 0 aliphatic carbocycles. The van der Waals surface area contributed by atoms with Gasteiger partial charge in [0.1, 0.15) is 0 Å². The van der Waals surface area contributed by atoms with Crippen molar-refractivity contribution >= 4 is 33.8 Å². The molecule has 160 valence electrons. The molecule has 0 saturated carbocycles. The number of hydrogen-bond acceptors (Lipinski definition) is 6. The van der Waals surface area contributed by atoms with Gasteiger partial charge in [-0.3, -0.25) is 0 Å². The van der Waals surface area contributed by atoms with Gasteiger partial charge in [-0.05, 0) is 76.9 Å². The summed E-state index contributed by atoms with van der Waals surface area (Å²) in [6, 6.07) is 3.06. The highest BCUT2D eigenvalue weighted by atomic mass is 28.4. The molecule has 0 radical (unpaired) electrons. The van der Waals surface area contributed by atoms with Crippen molar-refractivity contribution in [1.82, 2.24) is 0 Å². The molecule has 0 aliphatic heterocycles. The molecular formula is C16H47N3O3Si4. The van der Waals surface area contributed by atoms with Gasteiger partial charge in [0.25, 0.3) is 17.4 Å². The molecule has 26 heavy (non-hydrogen) atoms. The van der Waals surface area contributed by atoms with Crippen LogP contribution in [0.1, 0.15) is 19.8 Å². The molecule has 0 amide bonds. The minimum Gasteiger partial charge on any atom is -0.432 e. The Bertz CT molecular complexity index is 329. The van der Waals surface area contributed by atoms with Crippen LogP contribution in [0, 0.1) is 0 Å². The van der Waals surface area contributed by atoms with Gasteiger partial charge in [0.05, 0.1) is 8.07 Å². The quantitative estimate of drug-likeness (QED) is 0.428. The Labute approximate surface area is 167 Å². The standard InChI is InChI=1S/C5H15NOSi.C5H15NSi.C4H11NOSi.C2H6OSi/c1-8(2,7)5-3-4-6;1-4-7(2,3)5-6;1-7(6)4-2-3-5;1-4(2)3/h7H,3-6H2,1-2H3;4-6H2,1-3H3;2-5H2,1H3;1-2H3. The third-order valence-corrected chi connectivity index (χ3v) is 8.89. The summed E-state index contributed by atoms with van der Waals surface area (Å²) < 4.78 is 20.0. The molecular weight excluding hydrogens is 395 g/mol. The lowest BCUT2D eigenvalue weighted by Crippen LogP contribution is -2.34. The van der Waals surface area contributed by atoms with Gasteiger partial charge in [-0.15, -0.1) is 0 Å². The van der Waals surface area contributed by atoms with E-state index in [9.17, 15) is 13.7 Å². The third-order valence-electron chi connectivity index (χ3n) is 3.24. The van der Waals surface area contributed by atoms with Gasteiger partial charge < -0.3 is 30.9 Å². The SMILES string of the molecule is CC[Si](C)(C)CN.C[Si](=O)CCCN.C[Si](C)(O)CCCN.C[Si](C)=O. The van der Waals surface area contributed by atoms with Crippen LogP contribution in [0.25, 0.3) is 0 Å². The molecule has 0 unspecified atom stereocenters. The van der Waals surface area contributed by atoms with Gasteiger partial charge in [-0.1, -0.05) is 26.1 Å². The van der Waals surface area contributed by atoms with Gasteiger partial charge in [-0.25, -0.2) is 0 Å². The topological polar surface area (TPSA) is 132 Å². The second-order valence-corrected chi connectivity index (χ2v) is 21.2.